The molecule has 1 atom stereocenters. The van der Waals surface area contributed by atoms with Crippen molar-refractivity contribution in [2.45, 2.75) is 17.5 Å². The molecule has 154 valence electrons. The number of fused-ring (bicyclic) bond motifs is 1. The maximum atomic E-state index is 13.3. The predicted molar refractivity (Wildman–Crippen MR) is 115 cm³/mol. The maximum Gasteiger partial charge on any atom is 0.265 e. The third kappa shape index (κ3) is 3.89. The molecule has 0 saturated carbocycles. The SMILES string of the molecule is CN(Cc1ccccc1)C(=O)C1CN(S(=O)(=O)c2ccccc2)c2ccccc2O1. The highest BCUT2D eigenvalue weighted by Gasteiger charge is 2.38. The van der Waals surface area contributed by atoms with Crippen LogP contribution in [-0.2, 0) is 21.4 Å². The Kier molecular flexibility index (Phi) is 5.46. The molecule has 1 aliphatic heterocycles. The summed E-state index contributed by atoms with van der Waals surface area (Å²) in [6.45, 7) is 0.318. The number of hydrogen-bond acceptors (Lipinski definition) is 4. The molecular formula is C23H22N2O4S. The van der Waals surface area contributed by atoms with Gasteiger partial charge in [0.05, 0.1) is 17.1 Å². The van der Waals surface area contributed by atoms with Crippen molar-refractivity contribution in [3.8, 4) is 5.75 Å². The number of hydrogen-bond donors (Lipinski definition) is 0. The normalized spacial score (nSPS) is 15.8. The van der Waals surface area contributed by atoms with Crippen LogP contribution in [0.1, 0.15) is 5.56 Å². The number of rotatable bonds is 5. The second-order valence-electron chi connectivity index (χ2n) is 7.10. The third-order valence-corrected chi connectivity index (χ3v) is 6.77. The van der Waals surface area contributed by atoms with E-state index in [-0.39, 0.29) is 17.3 Å². The van der Waals surface area contributed by atoms with E-state index in [4.69, 9.17) is 4.74 Å². The van der Waals surface area contributed by atoms with Gasteiger partial charge < -0.3 is 9.64 Å². The van der Waals surface area contributed by atoms with Gasteiger partial charge in [-0.1, -0.05) is 60.7 Å². The van der Waals surface area contributed by atoms with Crippen molar-refractivity contribution >= 4 is 21.6 Å². The fourth-order valence-corrected chi connectivity index (χ4v) is 4.96. The first kappa shape index (κ1) is 20.0. The lowest BCUT2D eigenvalue weighted by Crippen LogP contribution is -2.50. The average molecular weight is 423 g/mol. The fourth-order valence-electron chi connectivity index (χ4n) is 3.46. The zero-order valence-electron chi connectivity index (χ0n) is 16.5. The van der Waals surface area contributed by atoms with E-state index in [1.54, 1.807) is 66.5 Å². The van der Waals surface area contributed by atoms with Crippen molar-refractivity contribution in [1.29, 1.82) is 0 Å². The quantitative estimate of drug-likeness (QED) is 0.633. The number of nitrogens with zero attached hydrogens (tertiary/aromatic N) is 2. The molecule has 7 heteroatoms. The van der Waals surface area contributed by atoms with Crippen LogP contribution in [0.25, 0.3) is 0 Å². The number of likely N-dealkylation sites (N-methyl/N-ethyl adjacent to an activating group) is 1. The molecule has 1 heterocycles. The molecule has 1 unspecified atom stereocenters. The average Bonchev–Trinajstić information content (AvgIpc) is 2.79. The third-order valence-electron chi connectivity index (χ3n) is 4.98. The number of para-hydroxylation sites is 2. The van der Waals surface area contributed by atoms with Crippen molar-refractivity contribution in [2.75, 3.05) is 17.9 Å². The summed E-state index contributed by atoms with van der Waals surface area (Å²) in [5.41, 5.74) is 1.41. The topological polar surface area (TPSA) is 66.9 Å². The van der Waals surface area contributed by atoms with E-state index in [1.165, 1.54) is 4.31 Å². The largest absolute Gasteiger partial charge is 0.476 e. The van der Waals surface area contributed by atoms with Gasteiger partial charge in [-0.05, 0) is 29.8 Å². The standard InChI is InChI=1S/C23H22N2O4S/c1-24(16-18-10-4-2-5-11-18)23(26)22-17-25(20-14-8-9-15-21(20)29-22)30(27,28)19-12-6-3-7-13-19/h2-15,22H,16-17H2,1H3. The van der Waals surface area contributed by atoms with Crippen molar-refractivity contribution < 1.29 is 17.9 Å². The van der Waals surface area contributed by atoms with Crippen LogP contribution in [0, 0.1) is 0 Å². The van der Waals surface area contributed by atoms with Crippen molar-refractivity contribution in [3.63, 3.8) is 0 Å². The molecule has 0 aliphatic carbocycles. The van der Waals surface area contributed by atoms with Gasteiger partial charge in [0.25, 0.3) is 15.9 Å². The van der Waals surface area contributed by atoms with Crippen LogP contribution in [0.3, 0.4) is 0 Å². The van der Waals surface area contributed by atoms with E-state index in [0.29, 0.717) is 18.0 Å². The van der Waals surface area contributed by atoms with Crippen LogP contribution in [0.4, 0.5) is 5.69 Å². The minimum absolute atomic E-state index is 0.0911. The molecule has 3 aromatic carbocycles. The number of anilines is 1. The van der Waals surface area contributed by atoms with Crippen LogP contribution in [0.15, 0.2) is 89.8 Å². The molecule has 1 amide bonds. The molecule has 4 rings (SSSR count). The second kappa shape index (κ2) is 8.20. The number of carbonyl (C=O) groups is 1. The van der Waals surface area contributed by atoms with Gasteiger partial charge in [-0.2, -0.15) is 0 Å². The lowest BCUT2D eigenvalue weighted by molar-refractivity contribution is -0.137. The van der Waals surface area contributed by atoms with E-state index in [9.17, 15) is 13.2 Å². The summed E-state index contributed by atoms with van der Waals surface area (Å²) < 4.78 is 33.8. The Morgan fingerprint density at radius 1 is 0.967 bits per heavy atom. The lowest BCUT2D eigenvalue weighted by Gasteiger charge is -2.36. The molecule has 0 spiro atoms. The van der Waals surface area contributed by atoms with Crippen molar-refractivity contribution in [2.24, 2.45) is 0 Å². The maximum absolute atomic E-state index is 13.3. The van der Waals surface area contributed by atoms with E-state index >= 15 is 0 Å². The molecule has 30 heavy (non-hydrogen) atoms. The van der Waals surface area contributed by atoms with Crippen molar-refractivity contribution in [1.82, 2.24) is 4.90 Å². The van der Waals surface area contributed by atoms with Gasteiger partial charge in [-0.3, -0.25) is 9.10 Å². The molecule has 0 radical (unpaired) electrons. The van der Waals surface area contributed by atoms with Crippen LogP contribution in [0.5, 0.6) is 5.75 Å². The Morgan fingerprint density at radius 3 is 2.27 bits per heavy atom. The first-order valence-electron chi connectivity index (χ1n) is 9.59. The number of sulfonamides is 1. The highest BCUT2D eigenvalue weighted by atomic mass is 32.2. The highest BCUT2D eigenvalue weighted by Crippen LogP contribution is 2.37. The summed E-state index contributed by atoms with van der Waals surface area (Å²) in [6.07, 6.45) is -0.938. The van der Waals surface area contributed by atoms with Gasteiger partial charge in [-0.15, -0.1) is 0 Å². The van der Waals surface area contributed by atoms with Gasteiger partial charge >= 0.3 is 0 Å². The molecule has 0 aromatic heterocycles. The highest BCUT2D eigenvalue weighted by molar-refractivity contribution is 7.92. The predicted octanol–water partition coefficient (Wildman–Crippen LogP) is 3.30. The van der Waals surface area contributed by atoms with Crippen LogP contribution >= 0.6 is 0 Å². The second-order valence-corrected chi connectivity index (χ2v) is 8.97. The Labute approximate surface area is 176 Å². The van der Waals surface area contributed by atoms with E-state index in [0.717, 1.165) is 5.56 Å². The zero-order valence-corrected chi connectivity index (χ0v) is 17.3. The molecule has 0 bridgehead atoms. The summed E-state index contributed by atoms with van der Waals surface area (Å²) in [6, 6.07) is 24.7. The zero-order chi connectivity index (χ0) is 21.1. The number of carbonyl (C=O) groups excluding carboxylic acids is 1. The Bertz CT molecular complexity index is 1130. The number of amides is 1. The number of ether oxygens (including phenoxy) is 1. The van der Waals surface area contributed by atoms with E-state index in [2.05, 4.69) is 0 Å². The first-order valence-corrected chi connectivity index (χ1v) is 11.0. The Hall–Kier alpha value is -3.32. The Balaban J connectivity index is 1.64. The minimum atomic E-state index is -3.84. The summed E-state index contributed by atoms with van der Waals surface area (Å²) in [7, 11) is -2.15. The molecule has 0 N–H and O–H groups in total. The summed E-state index contributed by atoms with van der Waals surface area (Å²) >= 11 is 0. The molecule has 0 fully saturated rings. The molecule has 3 aromatic rings. The van der Waals surface area contributed by atoms with Crippen LogP contribution in [-0.4, -0.2) is 38.9 Å². The van der Waals surface area contributed by atoms with Gasteiger partial charge in [0, 0.05) is 13.6 Å². The monoisotopic (exact) mass is 422 g/mol. The van der Waals surface area contributed by atoms with Gasteiger partial charge in [-0.25, -0.2) is 8.42 Å². The molecule has 0 saturated heterocycles. The number of benzene rings is 3. The molecule has 6 nitrogen and oxygen atoms in total. The molecular weight excluding hydrogens is 400 g/mol. The van der Waals surface area contributed by atoms with Crippen LogP contribution in [0.2, 0.25) is 0 Å². The first-order chi connectivity index (χ1) is 14.5. The summed E-state index contributed by atoms with van der Waals surface area (Å²) in [5, 5.41) is 0. The van der Waals surface area contributed by atoms with Crippen LogP contribution < -0.4 is 9.04 Å². The van der Waals surface area contributed by atoms with E-state index < -0.39 is 16.1 Å². The lowest BCUT2D eigenvalue weighted by atomic mass is 10.2. The summed E-state index contributed by atoms with van der Waals surface area (Å²) in [4.78, 5) is 14.8. The van der Waals surface area contributed by atoms with E-state index in [1.807, 2.05) is 30.3 Å². The van der Waals surface area contributed by atoms with Gasteiger partial charge in [0.15, 0.2) is 6.10 Å². The van der Waals surface area contributed by atoms with Gasteiger partial charge in [0.1, 0.15) is 5.75 Å². The smallest absolute Gasteiger partial charge is 0.265 e. The fraction of sp³-hybridized carbons (Fsp3) is 0.174. The van der Waals surface area contributed by atoms with Gasteiger partial charge in [0.2, 0.25) is 0 Å². The minimum Gasteiger partial charge on any atom is -0.476 e. The molecule has 1 aliphatic rings. The Morgan fingerprint density at radius 2 is 1.57 bits per heavy atom. The summed E-state index contributed by atoms with van der Waals surface area (Å²) in [5.74, 6) is 0.0938. The van der Waals surface area contributed by atoms with Crippen molar-refractivity contribution in [3.05, 3.63) is 90.5 Å².